The molecule has 0 N–H and O–H groups in total. The number of amides is 2. The van der Waals surface area contributed by atoms with Crippen LogP contribution >= 0.6 is 0 Å². The maximum Gasteiger partial charge on any atom is 0.261 e. The van der Waals surface area contributed by atoms with E-state index >= 15 is 0 Å². The van der Waals surface area contributed by atoms with E-state index in [9.17, 15) is 9.59 Å². The number of carbonyl (C=O) groups excluding carboxylic acids is 2. The lowest BCUT2D eigenvalue weighted by Crippen LogP contribution is -2.31. The van der Waals surface area contributed by atoms with Crippen LogP contribution in [0.25, 0.3) is 10.9 Å². The monoisotopic (exact) mass is 305 g/mol. The number of rotatable bonds is 2. The van der Waals surface area contributed by atoms with Crippen molar-refractivity contribution in [3.63, 3.8) is 0 Å². The van der Waals surface area contributed by atoms with Gasteiger partial charge in [0, 0.05) is 22.7 Å². The summed E-state index contributed by atoms with van der Waals surface area (Å²) in [5.41, 5.74) is 2.69. The summed E-state index contributed by atoms with van der Waals surface area (Å²) in [5, 5.41) is 5.32. The van der Waals surface area contributed by atoms with Crippen LogP contribution in [0.4, 0.5) is 5.69 Å². The van der Waals surface area contributed by atoms with Crippen molar-refractivity contribution < 1.29 is 9.59 Å². The van der Waals surface area contributed by atoms with Gasteiger partial charge in [-0.2, -0.15) is 5.10 Å². The molecule has 4 rings (SSSR count). The molecule has 0 spiro atoms. The van der Waals surface area contributed by atoms with Gasteiger partial charge in [0.25, 0.3) is 11.8 Å². The van der Waals surface area contributed by atoms with Crippen LogP contribution in [0, 0.1) is 12.3 Å². The zero-order valence-electron chi connectivity index (χ0n) is 12.6. The largest absolute Gasteiger partial charge is 0.269 e. The number of nitrogens with zero attached hydrogens (tertiary/aromatic N) is 3. The number of aromatic nitrogens is 2. The van der Waals surface area contributed by atoms with Crippen LogP contribution in [0.1, 0.15) is 25.7 Å². The third-order valence-corrected chi connectivity index (χ3v) is 4.44. The van der Waals surface area contributed by atoms with Gasteiger partial charge in [0.15, 0.2) is 0 Å². The Hall–Kier alpha value is -2.87. The number of fused-ring (bicyclic) bond motifs is 1. The van der Waals surface area contributed by atoms with Gasteiger partial charge in [-0.3, -0.25) is 14.3 Å². The fourth-order valence-corrected chi connectivity index (χ4v) is 3.34. The Morgan fingerprint density at radius 2 is 1.83 bits per heavy atom. The van der Waals surface area contributed by atoms with E-state index in [1.165, 1.54) is 4.90 Å². The van der Waals surface area contributed by atoms with E-state index in [0.717, 1.165) is 23.7 Å². The Labute approximate surface area is 133 Å². The lowest BCUT2D eigenvalue weighted by Gasteiger charge is -2.14. The standard InChI is InChI=1S/C18H15N3O2/c1-2-9-20-11-12-7-8-13(10-16(12)19-20)21-17(22)14-5-3-4-6-15(14)18(21)23/h1,7-8,10-11H,3-6,9H2. The van der Waals surface area contributed by atoms with Gasteiger partial charge in [0.05, 0.1) is 11.2 Å². The summed E-state index contributed by atoms with van der Waals surface area (Å²) in [4.78, 5) is 26.5. The zero-order chi connectivity index (χ0) is 16.0. The molecule has 0 radical (unpaired) electrons. The summed E-state index contributed by atoms with van der Waals surface area (Å²) in [5.74, 6) is 2.19. The molecule has 0 saturated heterocycles. The molecule has 1 aliphatic carbocycles. The summed E-state index contributed by atoms with van der Waals surface area (Å²) in [6, 6.07) is 5.43. The first-order valence-corrected chi connectivity index (χ1v) is 7.70. The Morgan fingerprint density at radius 1 is 1.13 bits per heavy atom. The van der Waals surface area contributed by atoms with Gasteiger partial charge in [-0.05, 0) is 43.9 Å². The van der Waals surface area contributed by atoms with Crippen LogP contribution in [0.5, 0.6) is 0 Å². The summed E-state index contributed by atoms with van der Waals surface area (Å²) in [6.45, 7) is 0.390. The molecule has 2 amide bonds. The zero-order valence-corrected chi connectivity index (χ0v) is 12.6. The first-order chi connectivity index (χ1) is 11.2. The molecule has 1 aromatic heterocycles. The van der Waals surface area contributed by atoms with E-state index in [1.54, 1.807) is 16.8 Å². The van der Waals surface area contributed by atoms with Crippen LogP contribution in [0.3, 0.4) is 0 Å². The molecular weight excluding hydrogens is 290 g/mol. The molecule has 23 heavy (non-hydrogen) atoms. The summed E-state index contributed by atoms with van der Waals surface area (Å²) >= 11 is 0. The molecule has 114 valence electrons. The van der Waals surface area contributed by atoms with E-state index in [0.29, 0.717) is 36.2 Å². The lowest BCUT2D eigenvalue weighted by molar-refractivity contribution is -0.120. The number of carbonyl (C=O) groups is 2. The second-order valence-corrected chi connectivity index (χ2v) is 5.88. The summed E-state index contributed by atoms with van der Waals surface area (Å²) < 4.78 is 1.67. The minimum Gasteiger partial charge on any atom is -0.269 e. The highest BCUT2D eigenvalue weighted by atomic mass is 16.2. The Balaban J connectivity index is 1.73. The normalized spacial score (nSPS) is 17.8. The minimum absolute atomic E-state index is 0.174. The highest BCUT2D eigenvalue weighted by molar-refractivity contribution is 6.33. The molecule has 2 aliphatic rings. The van der Waals surface area contributed by atoms with E-state index in [-0.39, 0.29) is 11.8 Å². The first-order valence-electron chi connectivity index (χ1n) is 7.70. The fraction of sp³-hybridized carbons (Fsp3) is 0.278. The van der Waals surface area contributed by atoms with E-state index in [4.69, 9.17) is 6.42 Å². The topological polar surface area (TPSA) is 55.2 Å². The van der Waals surface area contributed by atoms with Crippen LogP contribution in [-0.2, 0) is 16.1 Å². The van der Waals surface area contributed by atoms with Crippen molar-refractivity contribution in [2.45, 2.75) is 32.2 Å². The first kappa shape index (κ1) is 13.8. The van der Waals surface area contributed by atoms with Crippen LogP contribution in [0.15, 0.2) is 35.5 Å². The van der Waals surface area contributed by atoms with Gasteiger partial charge < -0.3 is 0 Å². The van der Waals surface area contributed by atoms with Gasteiger partial charge in [-0.1, -0.05) is 5.92 Å². The SMILES string of the molecule is C#CCn1cc2ccc(N3C(=O)C4=C(CCCC4)C3=O)cc2n1. The van der Waals surface area contributed by atoms with Gasteiger partial charge in [0.1, 0.15) is 6.54 Å². The maximum absolute atomic E-state index is 12.6. The number of imide groups is 1. The molecule has 0 fully saturated rings. The van der Waals surface area contributed by atoms with E-state index < -0.39 is 0 Å². The Morgan fingerprint density at radius 3 is 2.48 bits per heavy atom. The smallest absolute Gasteiger partial charge is 0.261 e. The average molecular weight is 305 g/mol. The molecule has 1 aliphatic heterocycles. The second kappa shape index (κ2) is 5.10. The van der Waals surface area contributed by atoms with Crippen molar-refractivity contribution in [2.24, 2.45) is 0 Å². The average Bonchev–Trinajstić information content (AvgIpc) is 3.07. The van der Waals surface area contributed by atoms with Crippen LogP contribution in [-0.4, -0.2) is 21.6 Å². The van der Waals surface area contributed by atoms with E-state index in [2.05, 4.69) is 11.0 Å². The molecule has 5 heteroatoms. The number of terminal acetylenes is 1. The maximum atomic E-state index is 12.6. The number of hydrogen-bond donors (Lipinski definition) is 0. The molecular formula is C18H15N3O2. The fourth-order valence-electron chi connectivity index (χ4n) is 3.34. The molecule has 0 saturated carbocycles. The molecule has 2 heterocycles. The predicted octanol–water partition coefficient (Wildman–Crippen LogP) is 2.41. The summed E-state index contributed by atoms with van der Waals surface area (Å²) in [7, 11) is 0. The number of anilines is 1. The summed E-state index contributed by atoms with van der Waals surface area (Å²) in [6.07, 6.45) is 10.5. The molecule has 0 unspecified atom stereocenters. The van der Waals surface area contributed by atoms with Crippen molar-refractivity contribution in [1.29, 1.82) is 0 Å². The Bertz CT molecular complexity index is 886. The predicted molar refractivity (Wildman–Crippen MR) is 86.6 cm³/mol. The second-order valence-electron chi connectivity index (χ2n) is 5.88. The van der Waals surface area contributed by atoms with Gasteiger partial charge in [-0.25, -0.2) is 4.90 Å². The molecule has 5 nitrogen and oxygen atoms in total. The highest BCUT2D eigenvalue weighted by Crippen LogP contribution is 2.36. The highest BCUT2D eigenvalue weighted by Gasteiger charge is 2.39. The van der Waals surface area contributed by atoms with Gasteiger partial charge >= 0.3 is 0 Å². The van der Waals surface area contributed by atoms with Gasteiger partial charge in [-0.15, -0.1) is 6.42 Å². The molecule has 0 atom stereocenters. The number of benzene rings is 1. The molecule has 0 bridgehead atoms. The Kier molecular flexibility index (Phi) is 3.05. The van der Waals surface area contributed by atoms with Crippen molar-refractivity contribution in [1.82, 2.24) is 9.78 Å². The third kappa shape index (κ3) is 2.07. The molecule has 1 aromatic carbocycles. The van der Waals surface area contributed by atoms with Crippen molar-refractivity contribution in [2.75, 3.05) is 4.90 Å². The quantitative estimate of drug-likeness (QED) is 0.632. The lowest BCUT2D eigenvalue weighted by atomic mass is 9.93. The van der Waals surface area contributed by atoms with Crippen molar-refractivity contribution in [3.05, 3.63) is 35.5 Å². The third-order valence-electron chi connectivity index (χ3n) is 4.44. The number of hydrogen-bond acceptors (Lipinski definition) is 3. The molecule has 2 aromatic rings. The van der Waals surface area contributed by atoms with Gasteiger partial charge in [0.2, 0.25) is 0 Å². The van der Waals surface area contributed by atoms with Crippen molar-refractivity contribution in [3.8, 4) is 12.3 Å². The van der Waals surface area contributed by atoms with Crippen LogP contribution in [0.2, 0.25) is 0 Å². The minimum atomic E-state index is -0.174. The van der Waals surface area contributed by atoms with Crippen LogP contribution < -0.4 is 4.90 Å². The van der Waals surface area contributed by atoms with Crippen molar-refractivity contribution >= 4 is 28.4 Å². The van der Waals surface area contributed by atoms with E-state index in [1.807, 2.05) is 12.3 Å².